The van der Waals surface area contributed by atoms with Crippen LogP contribution in [0.5, 0.6) is 5.75 Å². The van der Waals surface area contributed by atoms with Crippen LogP contribution < -0.4 is 10.6 Å². The number of rotatable bonds is 6. The van der Waals surface area contributed by atoms with E-state index in [9.17, 15) is 23.4 Å². The molecular weight excluding hydrogens is 446 g/mol. The number of aliphatic carboxylic acids is 1. The Bertz CT molecular complexity index is 921. The van der Waals surface area contributed by atoms with Crippen molar-refractivity contribution in [2.75, 3.05) is 6.54 Å². The van der Waals surface area contributed by atoms with Crippen LogP contribution in [0.4, 0.5) is 0 Å². The fourth-order valence-electron chi connectivity index (χ4n) is 2.85. The van der Waals surface area contributed by atoms with Crippen LogP contribution in [0.25, 0.3) is 0 Å². The molecule has 1 aliphatic heterocycles. The number of nitrogens with zero attached hydrogens (tertiary/aromatic N) is 2. The van der Waals surface area contributed by atoms with Gasteiger partial charge in [-0.2, -0.15) is 4.31 Å². The Morgan fingerprint density at radius 3 is 2.55 bits per heavy atom. The molecule has 0 bridgehead atoms. The third-order valence-electron chi connectivity index (χ3n) is 4.14. The molecule has 2 heterocycles. The van der Waals surface area contributed by atoms with Gasteiger partial charge in [0.15, 0.2) is 4.47 Å². The number of carbonyl (C=O) groups is 1. The predicted octanol–water partition coefficient (Wildman–Crippen LogP) is 1.31. The van der Waals surface area contributed by atoms with Crippen molar-refractivity contribution in [2.45, 2.75) is 36.5 Å². The van der Waals surface area contributed by atoms with E-state index >= 15 is 0 Å². The van der Waals surface area contributed by atoms with E-state index in [-0.39, 0.29) is 24.5 Å². The second-order valence-electron chi connectivity index (χ2n) is 5.95. The zero-order valence-corrected chi connectivity index (χ0v) is 17.4. The van der Waals surface area contributed by atoms with E-state index in [2.05, 4.69) is 10.9 Å². The fourth-order valence-corrected chi connectivity index (χ4v) is 5.39. The third-order valence-corrected chi connectivity index (χ3v) is 7.13. The maximum absolute atomic E-state index is 12.8. The number of benzene rings is 1. The summed E-state index contributed by atoms with van der Waals surface area (Å²) in [7, 11) is -4.06. The number of carboxylic acid groups (broad SMARTS) is 1. The monoisotopic (exact) mass is 465 g/mol. The number of halogens is 1. The number of ether oxygens (including phenoxy) is 1. The fraction of sp³-hybridized carbons (Fsp3) is 0.375. The molecule has 160 valence electrons. The average Bonchev–Trinajstić information content (AvgIpc) is 3.13. The number of hydrogen-bond acceptors (Lipinski definition) is 9. The standard InChI is InChI=1S/C16H17ClN2O6S2.H3NO/c17-16-18-8-11(26-16)9-25-10-3-5-12(6-4-10)27(23,24)19-7-1-2-13(20)14(19)15(21)22;1-2/h3-6,8,13-14,20H,1-2,7,9H2,(H,21,22);2H,1H2. The normalized spacial score (nSPS) is 19.9. The van der Waals surface area contributed by atoms with E-state index in [1.165, 1.54) is 35.6 Å². The zero-order chi connectivity index (χ0) is 21.6. The third kappa shape index (κ3) is 5.63. The van der Waals surface area contributed by atoms with Gasteiger partial charge in [0.25, 0.3) is 0 Å². The molecule has 1 aliphatic rings. The maximum atomic E-state index is 12.8. The average molecular weight is 466 g/mol. The Hall–Kier alpha value is -1.80. The number of piperidine rings is 1. The minimum absolute atomic E-state index is 0.0424. The Morgan fingerprint density at radius 1 is 1.34 bits per heavy atom. The number of carboxylic acids is 1. The van der Waals surface area contributed by atoms with E-state index in [1.807, 2.05) is 0 Å². The summed E-state index contributed by atoms with van der Waals surface area (Å²) in [5.41, 5.74) is 0. The van der Waals surface area contributed by atoms with Crippen molar-refractivity contribution in [3.63, 3.8) is 0 Å². The highest BCUT2D eigenvalue weighted by atomic mass is 35.5. The Balaban J connectivity index is 0.00000145. The summed E-state index contributed by atoms with van der Waals surface area (Å²) < 4.78 is 32.5. The number of hydrogen-bond donors (Lipinski definition) is 4. The van der Waals surface area contributed by atoms with Gasteiger partial charge in [-0.1, -0.05) is 11.6 Å². The molecule has 1 fully saturated rings. The highest BCUT2D eigenvalue weighted by molar-refractivity contribution is 7.89. The molecule has 5 N–H and O–H groups in total. The smallest absolute Gasteiger partial charge is 0.324 e. The van der Waals surface area contributed by atoms with Gasteiger partial charge in [-0.05, 0) is 37.1 Å². The lowest BCUT2D eigenvalue weighted by atomic mass is 10.0. The molecule has 0 saturated carbocycles. The van der Waals surface area contributed by atoms with E-state index < -0.39 is 28.1 Å². The van der Waals surface area contributed by atoms with Crippen molar-refractivity contribution < 1.29 is 33.4 Å². The molecule has 0 radical (unpaired) electrons. The van der Waals surface area contributed by atoms with Crippen LogP contribution in [0, 0.1) is 0 Å². The number of aliphatic hydroxyl groups is 1. The van der Waals surface area contributed by atoms with Crippen LogP contribution in [0.3, 0.4) is 0 Å². The Labute approximate surface area is 176 Å². The second kappa shape index (κ2) is 10.3. The number of thiazole rings is 1. The van der Waals surface area contributed by atoms with Crippen molar-refractivity contribution in [3.8, 4) is 5.75 Å². The molecule has 2 unspecified atom stereocenters. The maximum Gasteiger partial charge on any atom is 0.324 e. The summed E-state index contributed by atoms with van der Waals surface area (Å²) in [6.45, 7) is 0.288. The molecule has 2 aromatic rings. The summed E-state index contributed by atoms with van der Waals surface area (Å²) in [6, 6.07) is 4.20. The molecule has 29 heavy (non-hydrogen) atoms. The molecule has 3 rings (SSSR count). The number of sulfonamides is 1. The predicted molar refractivity (Wildman–Crippen MR) is 104 cm³/mol. The second-order valence-corrected chi connectivity index (χ2v) is 9.54. The van der Waals surface area contributed by atoms with Crippen LogP contribution in [-0.4, -0.2) is 57.8 Å². The lowest BCUT2D eigenvalue weighted by Gasteiger charge is -2.35. The van der Waals surface area contributed by atoms with Gasteiger partial charge in [0.1, 0.15) is 18.4 Å². The van der Waals surface area contributed by atoms with E-state index in [4.69, 9.17) is 21.5 Å². The van der Waals surface area contributed by atoms with Gasteiger partial charge < -0.3 is 20.2 Å². The lowest BCUT2D eigenvalue weighted by Crippen LogP contribution is -2.54. The van der Waals surface area contributed by atoms with Crippen molar-refractivity contribution in [2.24, 2.45) is 5.90 Å². The van der Waals surface area contributed by atoms with Crippen molar-refractivity contribution in [1.82, 2.24) is 9.29 Å². The molecule has 10 nitrogen and oxygen atoms in total. The molecular formula is C16H20ClN3O7S2. The summed E-state index contributed by atoms with van der Waals surface area (Å²) in [6.07, 6.45) is 1.000. The molecule has 0 amide bonds. The van der Waals surface area contributed by atoms with Crippen LogP contribution in [0.2, 0.25) is 4.47 Å². The van der Waals surface area contributed by atoms with E-state index in [0.717, 1.165) is 9.18 Å². The van der Waals surface area contributed by atoms with Gasteiger partial charge >= 0.3 is 5.97 Å². The molecule has 2 atom stereocenters. The first-order valence-electron chi connectivity index (χ1n) is 8.30. The van der Waals surface area contributed by atoms with Crippen LogP contribution in [0.15, 0.2) is 35.4 Å². The molecule has 1 aromatic heterocycles. The van der Waals surface area contributed by atoms with Crippen molar-refractivity contribution in [1.29, 1.82) is 0 Å². The summed E-state index contributed by atoms with van der Waals surface area (Å²) in [5, 5.41) is 25.7. The highest BCUT2D eigenvalue weighted by Gasteiger charge is 2.42. The summed E-state index contributed by atoms with van der Waals surface area (Å²) in [4.78, 5) is 16.1. The van der Waals surface area contributed by atoms with Gasteiger partial charge in [-0.3, -0.25) is 4.79 Å². The Morgan fingerprint density at radius 2 is 2.00 bits per heavy atom. The SMILES string of the molecule is NO.O=C(O)C1C(O)CCCN1S(=O)(=O)c1ccc(OCc2cnc(Cl)s2)cc1. The van der Waals surface area contributed by atoms with Crippen LogP contribution >= 0.6 is 22.9 Å². The van der Waals surface area contributed by atoms with Gasteiger partial charge in [0.2, 0.25) is 10.0 Å². The summed E-state index contributed by atoms with van der Waals surface area (Å²) >= 11 is 7.04. The quantitative estimate of drug-likeness (QED) is 0.460. The molecule has 1 aromatic carbocycles. The first-order valence-corrected chi connectivity index (χ1v) is 10.9. The van der Waals surface area contributed by atoms with Crippen molar-refractivity contribution >= 4 is 38.9 Å². The molecule has 13 heteroatoms. The number of aromatic nitrogens is 1. The van der Waals surface area contributed by atoms with Gasteiger partial charge in [0.05, 0.1) is 15.9 Å². The van der Waals surface area contributed by atoms with Crippen LogP contribution in [-0.2, 0) is 21.4 Å². The van der Waals surface area contributed by atoms with Crippen LogP contribution in [0.1, 0.15) is 17.7 Å². The highest BCUT2D eigenvalue weighted by Crippen LogP contribution is 2.27. The largest absolute Gasteiger partial charge is 0.488 e. The molecule has 0 spiro atoms. The zero-order valence-electron chi connectivity index (χ0n) is 15.0. The van der Waals surface area contributed by atoms with E-state index in [1.54, 1.807) is 6.20 Å². The van der Waals surface area contributed by atoms with Gasteiger partial charge in [-0.15, -0.1) is 11.3 Å². The minimum atomic E-state index is -4.06. The summed E-state index contributed by atoms with van der Waals surface area (Å²) in [5.74, 6) is 2.58. The lowest BCUT2D eigenvalue weighted by molar-refractivity contribution is -0.146. The topological polar surface area (TPSA) is 163 Å². The van der Waals surface area contributed by atoms with Crippen molar-refractivity contribution in [3.05, 3.63) is 39.8 Å². The first-order chi connectivity index (χ1) is 13.8. The van der Waals surface area contributed by atoms with E-state index in [0.29, 0.717) is 16.6 Å². The molecule has 0 aliphatic carbocycles. The minimum Gasteiger partial charge on any atom is -0.488 e. The van der Waals surface area contributed by atoms with Gasteiger partial charge in [-0.25, -0.2) is 19.3 Å². The number of aliphatic hydroxyl groups excluding tert-OH is 1. The Kier molecular flexibility index (Phi) is 8.34. The van der Waals surface area contributed by atoms with Gasteiger partial charge in [0, 0.05) is 12.7 Å². The molecule has 1 saturated heterocycles. The first kappa shape index (κ1) is 23.5. The number of nitrogens with two attached hydrogens (primary N) is 1.